The van der Waals surface area contributed by atoms with Crippen molar-refractivity contribution >= 4 is 35.6 Å². The molecule has 24 heavy (non-hydrogen) atoms. The molecule has 3 rings (SSSR count). The topological polar surface area (TPSA) is 33.6 Å². The minimum absolute atomic E-state index is 0.585. The third-order valence-corrected chi connectivity index (χ3v) is 5.56. The Morgan fingerprint density at radius 1 is 1.12 bits per heavy atom. The van der Waals surface area contributed by atoms with Gasteiger partial charge in [0.25, 0.3) is 0 Å². The number of thioether (sulfide) groups is 1. The summed E-state index contributed by atoms with van der Waals surface area (Å²) in [5.41, 5.74) is 4.65. The van der Waals surface area contributed by atoms with Crippen molar-refractivity contribution in [2.45, 2.75) is 25.4 Å². The summed E-state index contributed by atoms with van der Waals surface area (Å²) in [7, 11) is 0. The molecule has 2 aromatic carbocycles. The van der Waals surface area contributed by atoms with Gasteiger partial charge in [0.2, 0.25) is 0 Å². The van der Waals surface area contributed by atoms with Crippen LogP contribution in [0.25, 0.3) is 5.69 Å². The SMILES string of the molecule is Cc1ccc(-n2c(CSCc3ccccc3C)n[nH]c2=S)cc1Cl. The normalized spacial score (nSPS) is 11.0. The number of nitrogens with one attached hydrogen (secondary N) is 1. The van der Waals surface area contributed by atoms with Crippen molar-refractivity contribution in [2.75, 3.05) is 0 Å². The van der Waals surface area contributed by atoms with Crippen LogP contribution in [0.15, 0.2) is 42.5 Å². The largest absolute Gasteiger partial charge is 0.271 e. The van der Waals surface area contributed by atoms with Crippen LogP contribution in [0.1, 0.15) is 22.5 Å². The first-order valence-electron chi connectivity index (χ1n) is 7.61. The summed E-state index contributed by atoms with van der Waals surface area (Å²) in [5, 5.41) is 8.00. The molecule has 3 nitrogen and oxygen atoms in total. The van der Waals surface area contributed by atoms with E-state index in [1.54, 1.807) is 0 Å². The first kappa shape index (κ1) is 17.3. The molecule has 0 saturated carbocycles. The fourth-order valence-corrected chi connectivity index (χ4v) is 3.89. The Labute approximate surface area is 156 Å². The number of aryl methyl sites for hydroxylation is 2. The van der Waals surface area contributed by atoms with Gasteiger partial charge < -0.3 is 0 Å². The molecular weight excluding hydrogens is 358 g/mol. The van der Waals surface area contributed by atoms with Crippen LogP contribution in [0.2, 0.25) is 5.02 Å². The van der Waals surface area contributed by atoms with Crippen LogP contribution in [-0.4, -0.2) is 14.8 Å². The molecule has 0 bridgehead atoms. The maximum atomic E-state index is 6.25. The molecule has 0 aliphatic heterocycles. The van der Waals surface area contributed by atoms with Crippen LogP contribution in [0.3, 0.4) is 0 Å². The zero-order chi connectivity index (χ0) is 17.1. The molecule has 0 aliphatic carbocycles. The highest BCUT2D eigenvalue weighted by Crippen LogP contribution is 2.24. The molecule has 0 aliphatic rings. The molecule has 124 valence electrons. The van der Waals surface area contributed by atoms with Crippen LogP contribution >= 0.6 is 35.6 Å². The second-order valence-corrected chi connectivity index (χ2v) is 7.41. The van der Waals surface area contributed by atoms with Crippen LogP contribution in [0.5, 0.6) is 0 Å². The fraction of sp³-hybridized carbons (Fsp3) is 0.222. The van der Waals surface area contributed by atoms with Crippen molar-refractivity contribution < 1.29 is 0 Å². The quantitative estimate of drug-likeness (QED) is 0.586. The van der Waals surface area contributed by atoms with Crippen molar-refractivity contribution in [1.82, 2.24) is 14.8 Å². The lowest BCUT2D eigenvalue weighted by molar-refractivity contribution is 0.948. The van der Waals surface area contributed by atoms with Gasteiger partial charge in [-0.25, -0.2) is 0 Å². The minimum atomic E-state index is 0.585. The van der Waals surface area contributed by atoms with Gasteiger partial charge >= 0.3 is 0 Å². The summed E-state index contributed by atoms with van der Waals surface area (Å²) in [6.45, 7) is 4.12. The molecule has 1 heterocycles. The maximum absolute atomic E-state index is 6.25. The van der Waals surface area contributed by atoms with E-state index in [1.807, 2.05) is 41.5 Å². The van der Waals surface area contributed by atoms with E-state index in [0.29, 0.717) is 4.77 Å². The van der Waals surface area contributed by atoms with E-state index in [-0.39, 0.29) is 0 Å². The summed E-state index contributed by atoms with van der Waals surface area (Å²) in [5.74, 6) is 2.62. The Balaban J connectivity index is 1.79. The number of aromatic nitrogens is 3. The lowest BCUT2D eigenvalue weighted by Crippen LogP contribution is -2.01. The third-order valence-electron chi connectivity index (χ3n) is 3.91. The van der Waals surface area contributed by atoms with E-state index in [9.17, 15) is 0 Å². The monoisotopic (exact) mass is 375 g/mol. The van der Waals surface area contributed by atoms with E-state index in [1.165, 1.54) is 11.1 Å². The van der Waals surface area contributed by atoms with E-state index in [0.717, 1.165) is 33.6 Å². The van der Waals surface area contributed by atoms with Crippen molar-refractivity contribution in [3.63, 3.8) is 0 Å². The maximum Gasteiger partial charge on any atom is 0.199 e. The van der Waals surface area contributed by atoms with Gasteiger partial charge in [0.15, 0.2) is 4.77 Å². The summed E-state index contributed by atoms with van der Waals surface area (Å²) < 4.78 is 2.53. The van der Waals surface area contributed by atoms with Gasteiger partial charge in [-0.05, 0) is 54.9 Å². The summed E-state index contributed by atoms with van der Waals surface area (Å²) in [6.07, 6.45) is 0. The molecular formula is C18H18ClN3S2. The van der Waals surface area contributed by atoms with Gasteiger partial charge in [-0.15, -0.1) is 11.8 Å². The standard InChI is InChI=1S/C18H18ClN3S2/c1-12-5-3-4-6-14(12)10-24-11-17-20-21-18(23)22(17)15-8-7-13(2)16(19)9-15/h3-9H,10-11H2,1-2H3,(H,21,23). The van der Waals surface area contributed by atoms with E-state index in [4.69, 9.17) is 23.8 Å². The van der Waals surface area contributed by atoms with E-state index < -0.39 is 0 Å². The Bertz CT molecular complexity index is 915. The van der Waals surface area contributed by atoms with Gasteiger partial charge in [-0.3, -0.25) is 9.67 Å². The summed E-state index contributed by atoms with van der Waals surface area (Å²) in [6, 6.07) is 14.4. The number of aromatic amines is 1. The Morgan fingerprint density at radius 3 is 2.67 bits per heavy atom. The van der Waals surface area contributed by atoms with Crippen LogP contribution < -0.4 is 0 Å². The molecule has 6 heteroatoms. The molecule has 0 atom stereocenters. The van der Waals surface area contributed by atoms with Crippen molar-refractivity contribution in [3.8, 4) is 5.69 Å². The number of hydrogen-bond donors (Lipinski definition) is 1. The number of hydrogen-bond acceptors (Lipinski definition) is 3. The average molecular weight is 376 g/mol. The van der Waals surface area contributed by atoms with Crippen LogP contribution in [0, 0.1) is 18.6 Å². The predicted molar refractivity (Wildman–Crippen MR) is 105 cm³/mol. The van der Waals surface area contributed by atoms with Gasteiger partial charge in [0.05, 0.1) is 11.4 Å². The number of rotatable bonds is 5. The van der Waals surface area contributed by atoms with E-state index in [2.05, 4.69) is 41.4 Å². The van der Waals surface area contributed by atoms with Gasteiger partial charge in [-0.2, -0.15) is 5.10 Å². The highest BCUT2D eigenvalue weighted by molar-refractivity contribution is 7.97. The lowest BCUT2D eigenvalue weighted by atomic mass is 10.1. The number of nitrogens with zero attached hydrogens (tertiary/aromatic N) is 2. The van der Waals surface area contributed by atoms with Gasteiger partial charge in [0, 0.05) is 10.8 Å². The third kappa shape index (κ3) is 3.74. The van der Waals surface area contributed by atoms with Gasteiger partial charge in [0.1, 0.15) is 5.82 Å². The molecule has 3 aromatic rings. The minimum Gasteiger partial charge on any atom is -0.271 e. The molecule has 0 amide bonds. The highest BCUT2D eigenvalue weighted by atomic mass is 35.5. The zero-order valence-electron chi connectivity index (χ0n) is 13.5. The second kappa shape index (κ2) is 7.55. The number of H-pyrrole nitrogens is 1. The lowest BCUT2D eigenvalue weighted by Gasteiger charge is -2.09. The summed E-state index contributed by atoms with van der Waals surface area (Å²) >= 11 is 13.5. The van der Waals surface area contributed by atoms with Crippen molar-refractivity contribution in [2.24, 2.45) is 0 Å². The molecule has 0 spiro atoms. The van der Waals surface area contributed by atoms with Crippen molar-refractivity contribution in [3.05, 3.63) is 74.8 Å². The average Bonchev–Trinajstić information content (AvgIpc) is 2.93. The predicted octanol–water partition coefficient (Wildman–Crippen LogP) is 5.63. The smallest absolute Gasteiger partial charge is 0.199 e. The highest BCUT2D eigenvalue weighted by Gasteiger charge is 2.10. The number of halogens is 1. The first-order chi connectivity index (χ1) is 11.6. The molecule has 1 aromatic heterocycles. The molecule has 0 radical (unpaired) electrons. The second-order valence-electron chi connectivity index (χ2n) is 5.63. The Hall–Kier alpha value is -1.56. The van der Waals surface area contributed by atoms with Gasteiger partial charge in [-0.1, -0.05) is 41.9 Å². The Morgan fingerprint density at radius 2 is 1.92 bits per heavy atom. The number of benzene rings is 2. The molecule has 0 saturated heterocycles. The van der Waals surface area contributed by atoms with Crippen LogP contribution in [0.4, 0.5) is 0 Å². The fourth-order valence-electron chi connectivity index (χ4n) is 2.44. The molecule has 1 N–H and O–H groups in total. The molecule has 0 unspecified atom stereocenters. The summed E-state index contributed by atoms with van der Waals surface area (Å²) in [4.78, 5) is 0. The Kier molecular flexibility index (Phi) is 5.43. The van der Waals surface area contributed by atoms with Crippen molar-refractivity contribution in [1.29, 1.82) is 0 Å². The van der Waals surface area contributed by atoms with Crippen LogP contribution in [-0.2, 0) is 11.5 Å². The first-order valence-corrected chi connectivity index (χ1v) is 9.55. The van der Waals surface area contributed by atoms with E-state index >= 15 is 0 Å². The molecule has 0 fully saturated rings. The zero-order valence-corrected chi connectivity index (χ0v) is 15.9.